The molecule has 1 aromatic carbocycles. The second-order valence-corrected chi connectivity index (χ2v) is 7.35. The first kappa shape index (κ1) is 17.0. The summed E-state index contributed by atoms with van der Waals surface area (Å²) in [6.07, 6.45) is 1.39. The van der Waals surface area contributed by atoms with E-state index in [1.807, 2.05) is 0 Å². The van der Waals surface area contributed by atoms with Crippen molar-refractivity contribution in [2.75, 3.05) is 6.54 Å². The van der Waals surface area contributed by atoms with Crippen LogP contribution in [0.1, 0.15) is 13.3 Å². The summed E-state index contributed by atoms with van der Waals surface area (Å²) in [7, 11) is -4.01. The Morgan fingerprint density at radius 3 is 2.35 bits per heavy atom. The Bertz CT molecular complexity index is 585. The number of benzene rings is 1. The Labute approximate surface area is 129 Å². The third kappa shape index (κ3) is 3.53. The van der Waals surface area contributed by atoms with Crippen LogP contribution in [0.3, 0.4) is 0 Å². The average Bonchev–Trinajstić information content (AvgIpc) is 2.44. The molecular formula is C13H15Cl2NO3S. The molecule has 0 N–H and O–H groups in total. The van der Waals surface area contributed by atoms with Gasteiger partial charge in [-0.15, -0.1) is 6.58 Å². The minimum atomic E-state index is -4.01. The van der Waals surface area contributed by atoms with Crippen molar-refractivity contribution in [3.63, 3.8) is 0 Å². The van der Waals surface area contributed by atoms with Crippen molar-refractivity contribution in [1.82, 2.24) is 4.31 Å². The molecule has 0 heterocycles. The third-order valence-electron chi connectivity index (χ3n) is 2.61. The number of sulfonamides is 1. The maximum absolute atomic E-state index is 12.5. The molecule has 0 unspecified atom stereocenters. The fourth-order valence-corrected chi connectivity index (χ4v) is 3.20. The van der Waals surface area contributed by atoms with Crippen LogP contribution in [0, 0.1) is 0 Å². The molecule has 0 radical (unpaired) electrons. The van der Waals surface area contributed by atoms with E-state index in [0.717, 1.165) is 0 Å². The summed E-state index contributed by atoms with van der Waals surface area (Å²) in [5, 5.41) is 0. The van der Waals surface area contributed by atoms with Crippen molar-refractivity contribution in [3.8, 4) is 0 Å². The zero-order valence-electron chi connectivity index (χ0n) is 10.9. The summed E-state index contributed by atoms with van der Waals surface area (Å²) >= 11 is 11.7. The van der Waals surface area contributed by atoms with E-state index >= 15 is 0 Å². The fraction of sp³-hybridized carbons (Fsp3) is 0.308. The quantitative estimate of drug-likeness (QED) is 0.593. The molecule has 20 heavy (non-hydrogen) atoms. The minimum absolute atomic E-state index is 0.00423. The van der Waals surface area contributed by atoms with Crippen LogP contribution in [0.25, 0.3) is 0 Å². The lowest BCUT2D eigenvalue weighted by Crippen LogP contribution is -2.45. The molecule has 0 bridgehead atoms. The van der Waals surface area contributed by atoms with Crippen LogP contribution in [0.15, 0.2) is 47.9 Å². The highest BCUT2D eigenvalue weighted by molar-refractivity contribution is 7.89. The lowest BCUT2D eigenvalue weighted by Gasteiger charge is -2.26. The molecule has 0 atom stereocenters. The molecule has 0 saturated carbocycles. The van der Waals surface area contributed by atoms with E-state index in [-0.39, 0.29) is 17.9 Å². The monoisotopic (exact) mass is 335 g/mol. The maximum Gasteiger partial charge on any atom is 0.273 e. The number of carbonyl (C=O) groups is 1. The van der Waals surface area contributed by atoms with E-state index in [2.05, 4.69) is 6.58 Å². The normalized spacial score (nSPS) is 11.9. The van der Waals surface area contributed by atoms with E-state index < -0.39 is 20.3 Å². The largest absolute Gasteiger partial charge is 0.273 e. The molecule has 0 aliphatic carbocycles. The number of alkyl halides is 2. The predicted octanol–water partition coefficient (Wildman–Crippen LogP) is 2.97. The standard InChI is InChI=1S/C13H15Cl2NO3S/c1-3-10-16(12(17)13(14,15)4-2)20(18,19)11-8-6-5-7-9-11/h3,5-9H,1,4,10H2,2H3. The Morgan fingerprint density at radius 1 is 1.35 bits per heavy atom. The van der Waals surface area contributed by atoms with Gasteiger partial charge in [-0.05, 0) is 18.6 Å². The van der Waals surface area contributed by atoms with Gasteiger partial charge < -0.3 is 0 Å². The second kappa shape index (κ2) is 6.61. The first-order chi connectivity index (χ1) is 9.27. The third-order valence-corrected chi connectivity index (χ3v) is 5.23. The van der Waals surface area contributed by atoms with Crippen molar-refractivity contribution >= 4 is 39.1 Å². The summed E-state index contributed by atoms with van der Waals surface area (Å²) in [4.78, 5) is 12.2. The van der Waals surface area contributed by atoms with Gasteiger partial charge in [0.25, 0.3) is 15.9 Å². The molecular weight excluding hydrogens is 321 g/mol. The van der Waals surface area contributed by atoms with Gasteiger partial charge in [-0.3, -0.25) is 4.79 Å². The summed E-state index contributed by atoms with van der Waals surface area (Å²) in [6, 6.07) is 7.61. The number of nitrogens with zero attached hydrogens (tertiary/aromatic N) is 1. The van der Waals surface area contributed by atoms with Gasteiger partial charge in [0.1, 0.15) is 0 Å². The van der Waals surface area contributed by atoms with Gasteiger partial charge in [0.05, 0.1) is 11.4 Å². The molecule has 110 valence electrons. The number of amides is 1. The smallest absolute Gasteiger partial charge is 0.270 e. The molecule has 0 aromatic heterocycles. The zero-order valence-corrected chi connectivity index (χ0v) is 13.2. The molecule has 7 heteroatoms. The summed E-state index contributed by atoms with van der Waals surface area (Å²) < 4.78 is 23.8. The van der Waals surface area contributed by atoms with Crippen LogP contribution in [0.5, 0.6) is 0 Å². The average molecular weight is 336 g/mol. The zero-order chi connectivity index (χ0) is 15.4. The van der Waals surface area contributed by atoms with Crippen LogP contribution >= 0.6 is 23.2 Å². The predicted molar refractivity (Wildman–Crippen MR) is 80.3 cm³/mol. The van der Waals surface area contributed by atoms with Crippen LogP contribution < -0.4 is 0 Å². The highest BCUT2D eigenvalue weighted by Crippen LogP contribution is 2.30. The van der Waals surface area contributed by atoms with Crippen LogP contribution in [0.2, 0.25) is 0 Å². The first-order valence-electron chi connectivity index (χ1n) is 5.88. The van der Waals surface area contributed by atoms with Crippen LogP contribution in [-0.4, -0.2) is 29.5 Å². The van der Waals surface area contributed by atoms with E-state index in [4.69, 9.17) is 23.2 Å². The van der Waals surface area contributed by atoms with Gasteiger partial charge >= 0.3 is 0 Å². The van der Waals surface area contributed by atoms with E-state index in [0.29, 0.717) is 4.31 Å². The van der Waals surface area contributed by atoms with Crippen molar-refractivity contribution < 1.29 is 13.2 Å². The second-order valence-electron chi connectivity index (χ2n) is 4.00. The molecule has 4 nitrogen and oxygen atoms in total. The molecule has 0 spiro atoms. The fourth-order valence-electron chi connectivity index (χ4n) is 1.46. The molecule has 0 aliphatic heterocycles. The number of rotatable bonds is 6. The van der Waals surface area contributed by atoms with E-state index in [1.165, 1.54) is 18.2 Å². The van der Waals surface area contributed by atoms with E-state index in [1.54, 1.807) is 25.1 Å². The minimum Gasteiger partial charge on any atom is -0.270 e. The van der Waals surface area contributed by atoms with Gasteiger partial charge in [0.2, 0.25) is 0 Å². The summed E-state index contributed by atoms with van der Waals surface area (Å²) in [5.74, 6) is -0.882. The number of carbonyl (C=O) groups excluding carboxylic acids is 1. The Balaban J connectivity index is 3.28. The molecule has 1 rings (SSSR count). The Hall–Kier alpha value is -1.04. The molecule has 1 amide bonds. The number of halogens is 2. The lowest BCUT2D eigenvalue weighted by atomic mass is 10.3. The summed E-state index contributed by atoms with van der Waals surface area (Å²) in [5.41, 5.74) is 0. The first-order valence-corrected chi connectivity index (χ1v) is 8.08. The van der Waals surface area contributed by atoms with Gasteiger partial charge in [-0.1, -0.05) is 54.4 Å². The van der Waals surface area contributed by atoms with Gasteiger partial charge in [0.15, 0.2) is 4.33 Å². The molecule has 0 aliphatic rings. The van der Waals surface area contributed by atoms with Crippen molar-refractivity contribution in [2.45, 2.75) is 22.6 Å². The molecule has 0 saturated heterocycles. The molecule has 0 fully saturated rings. The molecule has 1 aromatic rings. The van der Waals surface area contributed by atoms with Crippen molar-refractivity contribution in [2.24, 2.45) is 0 Å². The van der Waals surface area contributed by atoms with Gasteiger partial charge in [-0.2, -0.15) is 0 Å². The van der Waals surface area contributed by atoms with Crippen molar-refractivity contribution in [3.05, 3.63) is 43.0 Å². The highest BCUT2D eigenvalue weighted by atomic mass is 35.5. The van der Waals surface area contributed by atoms with Crippen LogP contribution in [0.4, 0.5) is 0 Å². The topological polar surface area (TPSA) is 54.5 Å². The number of hydrogen-bond acceptors (Lipinski definition) is 3. The van der Waals surface area contributed by atoms with Crippen molar-refractivity contribution in [1.29, 1.82) is 0 Å². The number of hydrogen-bond donors (Lipinski definition) is 0. The Kier molecular flexibility index (Phi) is 5.62. The SMILES string of the molecule is C=CCN(C(=O)C(Cl)(Cl)CC)S(=O)(=O)c1ccccc1. The van der Waals surface area contributed by atoms with Gasteiger partial charge in [-0.25, -0.2) is 12.7 Å². The van der Waals surface area contributed by atoms with E-state index in [9.17, 15) is 13.2 Å². The summed E-state index contributed by atoms with van der Waals surface area (Å²) in [6.45, 7) is 4.85. The maximum atomic E-state index is 12.5. The van der Waals surface area contributed by atoms with Gasteiger partial charge in [0, 0.05) is 0 Å². The lowest BCUT2D eigenvalue weighted by molar-refractivity contribution is -0.126. The van der Waals surface area contributed by atoms with Crippen LogP contribution in [-0.2, 0) is 14.8 Å². The Morgan fingerprint density at radius 2 is 1.90 bits per heavy atom. The highest BCUT2D eigenvalue weighted by Gasteiger charge is 2.40.